The molecule has 29 heavy (non-hydrogen) atoms. The number of halogens is 2. The van der Waals surface area contributed by atoms with Gasteiger partial charge in [-0.3, -0.25) is 9.59 Å². The van der Waals surface area contributed by atoms with Crippen LogP contribution in [0.5, 0.6) is 0 Å². The number of alkyl halides is 2. The highest BCUT2D eigenvalue weighted by Crippen LogP contribution is 2.71. The Kier molecular flexibility index (Phi) is 4.48. The smallest absolute Gasteiger partial charge is 0.190 e. The van der Waals surface area contributed by atoms with E-state index in [1.54, 1.807) is 20.8 Å². The van der Waals surface area contributed by atoms with E-state index in [1.165, 1.54) is 6.08 Å². The van der Waals surface area contributed by atoms with Crippen LogP contribution in [0.2, 0.25) is 0 Å². The fourth-order valence-electron chi connectivity index (χ4n) is 7.61. The molecule has 0 spiro atoms. The summed E-state index contributed by atoms with van der Waals surface area (Å²) in [5.74, 6) is -2.95. The van der Waals surface area contributed by atoms with Crippen molar-refractivity contribution in [3.63, 3.8) is 0 Å². The predicted octanol–water partition coefficient (Wildman–Crippen LogP) is 2.07. The summed E-state index contributed by atoms with van der Waals surface area (Å²) >= 11 is 0. The van der Waals surface area contributed by atoms with Crippen LogP contribution >= 0.6 is 0 Å². The second-order valence-corrected chi connectivity index (χ2v) is 10.2. The Morgan fingerprint density at radius 1 is 1.28 bits per heavy atom. The van der Waals surface area contributed by atoms with Crippen LogP contribution < -0.4 is 0 Å². The highest BCUT2D eigenvalue weighted by molar-refractivity contribution is 5.92. The van der Waals surface area contributed by atoms with Crippen LogP contribution in [-0.4, -0.2) is 57.0 Å². The van der Waals surface area contributed by atoms with E-state index >= 15 is 8.78 Å². The van der Waals surface area contributed by atoms with Gasteiger partial charge in [-0.2, -0.15) is 0 Å². The van der Waals surface area contributed by atoms with Crippen molar-refractivity contribution in [1.29, 1.82) is 0 Å². The van der Waals surface area contributed by atoms with Crippen LogP contribution in [0, 0.1) is 28.6 Å². The SMILES string of the molecule is C[C@@H]1CC2C3C[C@H](F)C4=CC(=O)CCC4(C)[C@@]3(F)[C@@H](O)CC2(C)[C@@]1(O)C(=O)CO. The third kappa shape index (κ3) is 2.24. The molecule has 3 saturated carbocycles. The highest BCUT2D eigenvalue weighted by atomic mass is 19.1. The lowest BCUT2D eigenvalue weighted by Crippen LogP contribution is -2.71. The summed E-state index contributed by atoms with van der Waals surface area (Å²) in [4.78, 5) is 24.4. The number of hydrogen-bond donors (Lipinski definition) is 3. The van der Waals surface area contributed by atoms with Gasteiger partial charge in [0.15, 0.2) is 11.6 Å². The Morgan fingerprint density at radius 2 is 1.93 bits per heavy atom. The number of hydrogen-bond acceptors (Lipinski definition) is 5. The Labute approximate surface area is 169 Å². The minimum atomic E-state index is -2.15. The van der Waals surface area contributed by atoms with Gasteiger partial charge in [0.2, 0.25) is 0 Å². The number of ketones is 2. The second-order valence-electron chi connectivity index (χ2n) is 10.2. The van der Waals surface area contributed by atoms with Gasteiger partial charge < -0.3 is 15.3 Å². The standard InChI is InChI=1S/C22H30F2O5/c1-11-6-13-14-8-16(23)15-7-12(26)4-5-19(15,2)21(14,24)17(27)9-20(13,3)22(11,29)18(28)10-25/h7,11,13-14,16-17,25,27,29H,4-6,8-10H2,1-3H3/t11-,13?,14?,16+,17+,19?,20?,21+,22+/m1/s1. The van der Waals surface area contributed by atoms with Crippen molar-refractivity contribution >= 4 is 11.6 Å². The molecule has 3 fully saturated rings. The molecule has 0 heterocycles. The van der Waals surface area contributed by atoms with Gasteiger partial charge in [0.1, 0.15) is 24.0 Å². The van der Waals surface area contributed by atoms with Crippen LogP contribution in [0.4, 0.5) is 8.78 Å². The maximum absolute atomic E-state index is 16.9. The average molecular weight is 412 g/mol. The molecule has 7 heteroatoms. The zero-order chi connectivity index (χ0) is 21.6. The van der Waals surface area contributed by atoms with E-state index in [2.05, 4.69) is 0 Å². The lowest BCUT2D eigenvalue weighted by molar-refractivity contribution is -0.233. The number of allylic oxidation sites excluding steroid dienone is 1. The fourth-order valence-corrected chi connectivity index (χ4v) is 7.61. The highest BCUT2D eigenvalue weighted by Gasteiger charge is 2.76. The molecule has 162 valence electrons. The lowest BCUT2D eigenvalue weighted by atomic mass is 9.43. The molecule has 0 aliphatic heterocycles. The molecule has 3 N–H and O–H groups in total. The number of carbonyl (C=O) groups excluding carboxylic acids is 2. The number of rotatable bonds is 2. The third-order valence-corrected chi connectivity index (χ3v) is 9.18. The molecule has 4 unspecified atom stereocenters. The summed E-state index contributed by atoms with van der Waals surface area (Å²) < 4.78 is 32.2. The molecule has 9 atom stereocenters. The molecule has 0 amide bonds. The van der Waals surface area contributed by atoms with Crippen molar-refractivity contribution in [2.75, 3.05) is 6.61 Å². The Bertz CT molecular complexity index is 798. The van der Waals surface area contributed by atoms with Crippen LogP contribution in [0.25, 0.3) is 0 Å². The van der Waals surface area contributed by atoms with Gasteiger partial charge in [0, 0.05) is 23.2 Å². The normalized spacial score (nSPS) is 54.3. The molecule has 4 rings (SSSR count). The van der Waals surface area contributed by atoms with E-state index in [0.29, 0.717) is 6.42 Å². The largest absolute Gasteiger partial charge is 0.390 e. The second kappa shape index (κ2) is 6.17. The molecular weight excluding hydrogens is 382 g/mol. The molecule has 0 bridgehead atoms. The zero-order valence-corrected chi connectivity index (χ0v) is 17.1. The van der Waals surface area contributed by atoms with Gasteiger partial charge in [-0.25, -0.2) is 8.78 Å². The lowest BCUT2D eigenvalue weighted by Gasteiger charge is -2.63. The summed E-state index contributed by atoms with van der Waals surface area (Å²) in [5.41, 5.74) is -6.41. The van der Waals surface area contributed by atoms with Crippen molar-refractivity contribution in [2.24, 2.45) is 28.6 Å². The van der Waals surface area contributed by atoms with Crippen LogP contribution in [0.15, 0.2) is 11.6 Å². The number of aliphatic hydroxyl groups excluding tert-OH is 2. The first kappa shape index (κ1) is 21.1. The van der Waals surface area contributed by atoms with E-state index in [4.69, 9.17) is 0 Å². The number of Topliss-reactive ketones (excluding diaryl/α,β-unsaturated/α-hetero) is 1. The van der Waals surface area contributed by atoms with Crippen molar-refractivity contribution in [3.05, 3.63) is 11.6 Å². The molecule has 0 aromatic carbocycles. The van der Waals surface area contributed by atoms with Crippen LogP contribution in [0.1, 0.15) is 52.9 Å². The van der Waals surface area contributed by atoms with E-state index in [1.807, 2.05) is 0 Å². The van der Waals surface area contributed by atoms with Crippen molar-refractivity contribution in [3.8, 4) is 0 Å². The monoisotopic (exact) mass is 412 g/mol. The molecule has 5 nitrogen and oxygen atoms in total. The summed E-state index contributed by atoms with van der Waals surface area (Å²) in [6.07, 6.45) is -1.64. The summed E-state index contributed by atoms with van der Waals surface area (Å²) in [6, 6.07) is 0. The van der Waals surface area contributed by atoms with Crippen LogP contribution in [-0.2, 0) is 9.59 Å². The average Bonchev–Trinajstić information content (AvgIpc) is 2.86. The van der Waals surface area contributed by atoms with Gasteiger partial charge in [0.25, 0.3) is 0 Å². The third-order valence-electron chi connectivity index (χ3n) is 9.18. The summed E-state index contributed by atoms with van der Waals surface area (Å²) in [7, 11) is 0. The topological polar surface area (TPSA) is 94.8 Å². The number of fused-ring (bicyclic) bond motifs is 5. The molecule has 4 aliphatic rings. The minimum absolute atomic E-state index is 0.100. The molecule has 0 radical (unpaired) electrons. The minimum Gasteiger partial charge on any atom is -0.390 e. The Hall–Kier alpha value is -1.18. The van der Waals surface area contributed by atoms with E-state index < -0.39 is 64.5 Å². The number of carbonyl (C=O) groups is 2. The first-order valence-electron chi connectivity index (χ1n) is 10.5. The Morgan fingerprint density at radius 3 is 2.55 bits per heavy atom. The van der Waals surface area contributed by atoms with Gasteiger partial charge >= 0.3 is 0 Å². The first-order valence-corrected chi connectivity index (χ1v) is 10.5. The predicted molar refractivity (Wildman–Crippen MR) is 100 cm³/mol. The summed E-state index contributed by atoms with van der Waals surface area (Å²) in [6.45, 7) is 4.09. The molecule has 0 aromatic rings. The zero-order valence-electron chi connectivity index (χ0n) is 17.1. The van der Waals surface area contributed by atoms with Gasteiger partial charge in [-0.1, -0.05) is 20.8 Å². The van der Waals surface area contributed by atoms with Crippen molar-refractivity contribution in [1.82, 2.24) is 0 Å². The molecule has 0 aromatic heterocycles. The fraction of sp³-hybridized carbons (Fsp3) is 0.818. The molecular formula is C22H30F2O5. The van der Waals surface area contributed by atoms with Gasteiger partial charge in [-0.05, 0) is 49.2 Å². The van der Waals surface area contributed by atoms with Crippen molar-refractivity contribution < 1.29 is 33.7 Å². The van der Waals surface area contributed by atoms with Crippen molar-refractivity contribution in [2.45, 2.75) is 76.4 Å². The maximum atomic E-state index is 16.9. The quantitative estimate of drug-likeness (QED) is 0.646. The van der Waals surface area contributed by atoms with Crippen LogP contribution in [0.3, 0.4) is 0 Å². The van der Waals surface area contributed by atoms with E-state index in [9.17, 15) is 24.9 Å². The first-order chi connectivity index (χ1) is 13.4. The van der Waals surface area contributed by atoms with Gasteiger partial charge in [0.05, 0.1) is 6.10 Å². The Balaban J connectivity index is 1.86. The number of aliphatic hydroxyl groups is 3. The van der Waals surface area contributed by atoms with Gasteiger partial charge in [-0.15, -0.1) is 0 Å². The van der Waals surface area contributed by atoms with E-state index in [-0.39, 0.29) is 37.0 Å². The molecule has 4 aliphatic carbocycles. The van der Waals surface area contributed by atoms with E-state index in [0.717, 1.165) is 0 Å². The molecule has 0 saturated heterocycles. The summed E-state index contributed by atoms with van der Waals surface area (Å²) in [5, 5.41) is 31.9. The maximum Gasteiger partial charge on any atom is 0.190 e.